The standard InChI is InChI=1S/C24H22N2O2/c27-24(28)25-22-13-5-7-16-8-6-14-26(23(16)22)15-21-19-11-3-1-9-17(19)18-10-2-4-12-20(18)21/h1-5,7,9-13,21,25H,6,8,14-15H2,(H,27,28). The minimum absolute atomic E-state index is 0.288. The van der Waals surface area contributed by atoms with Crippen LogP contribution in [0, 0.1) is 0 Å². The Morgan fingerprint density at radius 1 is 0.964 bits per heavy atom. The van der Waals surface area contributed by atoms with Gasteiger partial charge in [-0.05, 0) is 46.7 Å². The molecule has 1 heterocycles. The molecule has 4 nitrogen and oxygen atoms in total. The summed E-state index contributed by atoms with van der Waals surface area (Å²) in [6.07, 6.45) is 1.05. The van der Waals surface area contributed by atoms with Crippen molar-refractivity contribution >= 4 is 17.5 Å². The first kappa shape index (κ1) is 16.9. The third-order valence-electron chi connectivity index (χ3n) is 5.92. The van der Waals surface area contributed by atoms with E-state index >= 15 is 0 Å². The van der Waals surface area contributed by atoms with Crippen molar-refractivity contribution in [2.45, 2.75) is 18.8 Å². The number of amides is 1. The van der Waals surface area contributed by atoms with Gasteiger partial charge in [0.25, 0.3) is 0 Å². The maximum absolute atomic E-state index is 11.3. The second-order valence-corrected chi connectivity index (χ2v) is 7.52. The normalized spacial score (nSPS) is 14.9. The van der Waals surface area contributed by atoms with Crippen molar-refractivity contribution in [3.8, 4) is 11.1 Å². The molecule has 0 spiro atoms. The number of nitrogens with one attached hydrogen (secondary N) is 1. The minimum Gasteiger partial charge on any atom is -0.465 e. The zero-order valence-electron chi connectivity index (χ0n) is 15.6. The van der Waals surface area contributed by atoms with Crippen LogP contribution < -0.4 is 10.2 Å². The molecule has 0 bridgehead atoms. The van der Waals surface area contributed by atoms with Gasteiger partial charge in [-0.25, -0.2) is 4.79 Å². The molecule has 0 radical (unpaired) electrons. The summed E-state index contributed by atoms with van der Waals surface area (Å²) in [6, 6.07) is 23.2. The SMILES string of the molecule is O=C(O)Nc1cccc2c1N(CC1c3ccccc3-c3ccccc31)CCC2. The van der Waals surface area contributed by atoms with E-state index < -0.39 is 6.09 Å². The van der Waals surface area contributed by atoms with Crippen molar-refractivity contribution in [3.05, 3.63) is 83.4 Å². The van der Waals surface area contributed by atoms with E-state index in [4.69, 9.17) is 0 Å². The molecule has 1 aliphatic heterocycles. The summed E-state index contributed by atoms with van der Waals surface area (Å²) in [5, 5.41) is 11.9. The van der Waals surface area contributed by atoms with Crippen LogP contribution in [-0.2, 0) is 6.42 Å². The summed E-state index contributed by atoms with van der Waals surface area (Å²) in [4.78, 5) is 13.7. The third kappa shape index (κ3) is 2.73. The molecule has 1 aliphatic carbocycles. The second-order valence-electron chi connectivity index (χ2n) is 7.52. The van der Waals surface area contributed by atoms with Crippen LogP contribution in [0.5, 0.6) is 0 Å². The predicted octanol–water partition coefficient (Wildman–Crippen LogP) is 5.34. The molecular formula is C24H22N2O2. The van der Waals surface area contributed by atoms with Gasteiger partial charge in [0.1, 0.15) is 0 Å². The number of anilines is 2. The molecule has 2 N–H and O–H groups in total. The number of hydrogen-bond acceptors (Lipinski definition) is 2. The lowest BCUT2D eigenvalue weighted by atomic mass is 9.93. The molecule has 3 aromatic rings. The predicted molar refractivity (Wildman–Crippen MR) is 112 cm³/mol. The maximum Gasteiger partial charge on any atom is 0.409 e. The quantitative estimate of drug-likeness (QED) is 0.654. The first-order chi connectivity index (χ1) is 13.7. The van der Waals surface area contributed by atoms with Gasteiger partial charge in [-0.3, -0.25) is 5.32 Å². The van der Waals surface area contributed by atoms with E-state index in [9.17, 15) is 9.90 Å². The molecule has 0 saturated carbocycles. The number of aryl methyl sites for hydroxylation is 1. The molecule has 4 heteroatoms. The monoisotopic (exact) mass is 370 g/mol. The van der Waals surface area contributed by atoms with Crippen LogP contribution in [0.1, 0.15) is 29.0 Å². The smallest absolute Gasteiger partial charge is 0.409 e. The number of fused-ring (bicyclic) bond motifs is 4. The van der Waals surface area contributed by atoms with Gasteiger partial charge in [-0.2, -0.15) is 0 Å². The Kier molecular flexibility index (Phi) is 4.05. The third-order valence-corrected chi connectivity index (χ3v) is 5.92. The van der Waals surface area contributed by atoms with Crippen LogP contribution in [0.3, 0.4) is 0 Å². The summed E-state index contributed by atoms with van der Waals surface area (Å²) >= 11 is 0. The van der Waals surface area contributed by atoms with E-state index in [0.717, 1.165) is 31.6 Å². The Hall–Kier alpha value is -3.27. The zero-order valence-corrected chi connectivity index (χ0v) is 15.6. The molecule has 2 aliphatic rings. The lowest BCUT2D eigenvalue weighted by Gasteiger charge is -2.35. The molecule has 5 rings (SSSR count). The van der Waals surface area contributed by atoms with Gasteiger partial charge in [-0.1, -0.05) is 60.7 Å². The van der Waals surface area contributed by atoms with E-state index in [1.165, 1.54) is 27.8 Å². The largest absolute Gasteiger partial charge is 0.465 e. The van der Waals surface area contributed by atoms with Gasteiger partial charge in [-0.15, -0.1) is 0 Å². The molecular weight excluding hydrogens is 348 g/mol. The molecule has 0 fully saturated rings. The maximum atomic E-state index is 11.3. The van der Waals surface area contributed by atoms with Crippen molar-refractivity contribution in [1.29, 1.82) is 0 Å². The lowest BCUT2D eigenvalue weighted by Crippen LogP contribution is -2.34. The van der Waals surface area contributed by atoms with Gasteiger partial charge >= 0.3 is 6.09 Å². The number of benzene rings is 3. The van der Waals surface area contributed by atoms with Crippen molar-refractivity contribution < 1.29 is 9.90 Å². The van der Waals surface area contributed by atoms with E-state index in [1.807, 2.05) is 12.1 Å². The summed E-state index contributed by atoms with van der Waals surface area (Å²) in [6.45, 7) is 1.78. The average Bonchev–Trinajstić information content (AvgIpc) is 3.02. The van der Waals surface area contributed by atoms with E-state index in [1.54, 1.807) is 0 Å². The fourth-order valence-electron chi connectivity index (χ4n) is 4.81. The summed E-state index contributed by atoms with van der Waals surface area (Å²) in [5.41, 5.74) is 8.30. The van der Waals surface area contributed by atoms with Crippen LogP contribution in [0.15, 0.2) is 66.7 Å². The number of hydrogen-bond donors (Lipinski definition) is 2. The van der Waals surface area contributed by atoms with E-state index in [-0.39, 0.29) is 5.92 Å². The number of rotatable bonds is 3. The number of carbonyl (C=O) groups is 1. The summed E-state index contributed by atoms with van der Waals surface area (Å²) in [5.74, 6) is 0.288. The molecule has 0 atom stereocenters. The highest BCUT2D eigenvalue weighted by Gasteiger charge is 2.31. The van der Waals surface area contributed by atoms with Crippen LogP contribution >= 0.6 is 0 Å². The van der Waals surface area contributed by atoms with Crippen LogP contribution in [0.25, 0.3) is 11.1 Å². The lowest BCUT2D eigenvalue weighted by molar-refractivity contribution is 0.210. The van der Waals surface area contributed by atoms with E-state index in [2.05, 4.69) is 64.8 Å². The highest BCUT2D eigenvalue weighted by atomic mass is 16.4. The first-order valence-corrected chi connectivity index (χ1v) is 9.77. The van der Waals surface area contributed by atoms with Crippen LogP contribution in [-0.4, -0.2) is 24.3 Å². The first-order valence-electron chi connectivity index (χ1n) is 9.77. The highest BCUT2D eigenvalue weighted by molar-refractivity contribution is 5.90. The Morgan fingerprint density at radius 2 is 1.64 bits per heavy atom. The van der Waals surface area contributed by atoms with Crippen molar-refractivity contribution in [2.24, 2.45) is 0 Å². The van der Waals surface area contributed by atoms with Gasteiger partial charge in [0.15, 0.2) is 0 Å². The molecule has 0 aromatic heterocycles. The molecule has 3 aromatic carbocycles. The van der Waals surface area contributed by atoms with Gasteiger partial charge < -0.3 is 10.0 Å². The Balaban J connectivity index is 1.56. The van der Waals surface area contributed by atoms with Gasteiger partial charge in [0, 0.05) is 19.0 Å². The Bertz CT molecular complexity index is 1010. The van der Waals surface area contributed by atoms with Gasteiger partial charge in [0.2, 0.25) is 0 Å². The molecule has 0 saturated heterocycles. The molecule has 140 valence electrons. The van der Waals surface area contributed by atoms with Crippen molar-refractivity contribution in [3.63, 3.8) is 0 Å². The molecule has 0 unspecified atom stereocenters. The fourth-order valence-corrected chi connectivity index (χ4v) is 4.81. The average molecular weight is 370 g/mol. The second kappa shape index (κ2) is 6.71. The topological polar surface area (TPSA) is 52.6 Å². The number of carboxylic acid groups (broad SMARTS) is 1. The number of para-hydroxylation sites is 1. The van der Waals surface area contributed by atoms with Crippen molar-refractivity contribution in [2.75, 3.05) is 23.3 Å². The highest BCUT2D eigenvalue weighted by Crippen LogP contribution is 2.46. The Labute approximate surface area is 164 Å². The Morgan fingerprint density at radius 3 is 2.32 bits per heavy atom. The van der Waals surface area contributed by atoms with Crippen LogP contribution in [0.4, 0.5) is 16.2 Å². The minimum atomic E-state index is -1.02. The molecule has 1 amide bonds. The number of nitrogens with zero attached hydrogens (tertiary/aromatic N) is 1. The zero-order chi connectivity index (χ0) is 19.1. The van der Waals surface area contributed by atoms with Gasteiger partial charge in [0.05, 0.1) is 11.4 Å². The van der Waals surface area contributed by atoms with Crippen molar-refractivity contribution in [1.82, 2.24) is 0 Å². The molecule has 28 heavy (non-hydrogen) atoms. The van der Waals surface area contributed by atoms with E-state index in [0.29, 0.717) is 5.69 Å². The summed E-state index contributed by atoms with van der Waals surface area (Å²) < 4.78 is 0. The van der Waals surface area contributed by atoms with Crippen LogP contribution in [0.2, 0.25) is 0 Å². The fraction of sp³-hybridized carbons (Fsp3) is 0.208. The summed E-state index contributed by atoms with van der Waals surface area (Å²) in [7, 11) is 0.